The van der Waals surface area contributed by atoms with E-state index in [-0.39, 0.29) is 11.5 Å². The van der Waals surface area contributed by atoms with Crippen molar-refractivity contribution in [2.75, 3.05) is 19.5 Å². The van der Waals surface area contributed by atoms with Crippen LogP contribution in [0.25, 0.3) is 0 Å². The Morgan fingerprint density at radius 3 is 2.39 bits per heavy atom. The van der Waals surface area contributed by atoms with Crippen molar-refractivity contribution in [3.63, 3.8) is 0 Å². The fraction of sp³-hybridized carbons (Fsp3) is 0.286. The molecule has 0 atom stereocenters. The van der Waals surface area contributed by atoms with Gasteiger partial charge in [0.15, 0.2) is 0 Å². The molecule has 0 spiro atoms. The second-order valence-corrected chi connectivity index (χ2v) is 6.71. The number of nitrogens with zero attached hydrogens (tertiary/aromatic N) is 2. The number of H-pyrrole nitrogens is 1. The van der Waals surface area contributed by atoms with Gasteiger partial charge < -0.3 is 14.8 Å². The van der Waals surface area contributed by atoms with Crippen LogP contribution in [0.2, 0.25) is 0 Å². The normalized spacial score (nSPS) is 10.8. The number of anilines is 2. The van der Waals surface area contributed by atoms with E-state index in [1.54, 1.807) is 32.4 Å². The highest BCUT2D eigenvalue weighted by Crippen LogP contribution is 2.30. The van der Waals surface area contributed by atoms with E-state index in [1.807, 2.05) is 12.1 Å². The zero-order valence-corrected chi connectivity index (χ0v) is 16.4. The van der Waals surface area contributed by atoms with E-state index >= 15 is 0 Å². The summed E-state index contributed by atoms with van der Waals surface area (Å²) in [7, 11) is 3.14. The Balaban J connectivity index is 1.78. The van der Waals surface area contributed by atoms with Gasteiger partial charge in [-0.2, -0.15) is 0 Å². The van der Waals surface area contributed by atoms with Gasteiger partial charge in [0.1, 0.15) is 17.2 Å². The second kappa shape index (κ2) is 8.56. The lowest BCUT2D eigenvalue weighted by Gasteiger charge is -2.11. The number of nitrogens with one attached hydrogen (secondary N) is 2. The fourth-order valence-corrected chi connectivity index (χ4v) is 2.79. The third-order valence-electron chi connectivity index (χ3n) is 4.44. The molecule has 0 fully saturated rings. The van der Waals surface area contributed by atoms with Crippen LogP contribution >= 0.6 is 0 Å². The molecule has 7 nitrogen and oxygen atoms in total. The molecule has 2 N–H and O–H groups in total. The molecular weight excluding hydrogens is 356 g/mol. The Kier molecular flexibility index (Phi) is 5.93. The first-order valence-electron chi connectivity index (χ1n) is 9.04. The third-order valence-corrected chi connectivity index (χ3v) is 4.44. The van der Waals surface area contributed by atoms with Crippen LogP contribution in [0.5, 0.6) is 11.5 Å². The summed E-state index contributed by atoms with van der Waals surface area (Å²) >= 11 is 0. The van der Waals surface area contributed by atoms with Gasteiger partial charge in [0.25, 0.3) is 5.56 Å². The van der Waals surface area contributed by atoms with E-state index in [0.717, 1.165) is 5.56 Å². The zero-order chi connectivity index (χ0) is 20.1. The summed E-state index contributed by atoms with van der Waals surface area (Å²) in [6.45, 7) is 4.29. The highest BCUT2D eigenvalue weighted by atomic mass is 16.5. The predicted octanol–water partition coefficient (Wildman–Crippen LogP) is 3.64. The van der Waals surface area contributed by atoms with Gasteiger partial charge in [-0.05, 0) is 29.2 Å². The molecule has 28 heavy (non-hydrogen) atoms. The van der Waals surface area contributed by atoms with Gasteiger partial charge in [0, 0.05) is 12.5 Å². The third kappa shape index (κ3) is 4.49. The lowest BCUT2D eigenvalue weighted by atomic mass is 10.0. The van der Waals surface area contributed by atoms with Crippen molar-refractivity contribution < 1.29 is 9.47 Å². The van der Waals surface area contributed by atoms with E-state index in [2.05, 4.69) is 46.5 Å². The number of hydrogen-bond donors (Lipinski definition) is 2. The van der Waals surface area contributed by atoms with Gasteiger partial charge in [0.05, 0.1) is 19.9 Å². The number of benzene rings is 2. The Morgan fingerprint density at radius 1 is 1.04 bits per heavy atom. The molecule has 0 saturated carbocycles. The maximum absolute atomic E-state index is 12.4. The van der Waals surface area contributed by atoms with E-state index < -0.39 is 0 Å². The molecule has 0 aliphatic heterocycles. The maximum Gasteiger partial charge on any atom is 0.274 e. The molecule has 0 radical (unpaired) electrons. The average Bonchev–Trinajstić information content (AvgIpc) is 2.70. The van der Waals surface area contributed by atoms with Gasteiger partial charge in [-0.3, -0.25) is 9.78 Å². The lowest BCUT2D eigenvalue weighted by Crippen LogP contribution is -2.19. The zero-order valence-electron chi connectivity index (χ0n) is 16.4. The van der Waals surface area contributed by atoms with Gasteiger partial charge in [-0.15, -0.1) is 10.2 Å². The summed E-state index contributed by atoms with van der Waals surface area (Å²) in [6, 6.07) is 13.5. The molecule has 0 saturated heterocycles. The SMILES string of the molecule is COc1ccc(OC)c(Nc2nnc(Cc3ccc(C(C)C)cc3)c(=O)[nH]2)c1. The van der Waals surface area contributed by atoms with Crippen LogP contribution in [0.4, 0.5) is 11.6 Å². The van der Waals surface area contributed by atoms with Crippen molar-refractivity contribution in [1.82, 2.24) is 15.2 Å². The number of hydrogen-bond acceptors (Lipinski definition) is 6. The van der Waals surface area contributed by atoms with Crippen molar-refractivity contribution in [3.8, 4) is 11.5 Å². The first-order valence-corrected chi connectivity index (χ1v) is 9.04. The molecule has 0 aliphatic carbocycles. The van der Waals surface area contributed by atoms with Crippen LogP contribution in [0.15, 0.2) is 47.3 Å². The van der Waals surface area contributed by atoms with Gasteiger partial charge >= 0.3 is 0 Å². The Labute approximate surface area is 163 Å². The topological polar surface area (TPSA) is 89.1 Å². The highest BCUT2D eigenvalue weighted by molar-refractivity contribution is 5.64. The Bertz CT molecular complexity index is 997. The van der Waals surface area contributed by atoms with Crippen molar-refractivity contribution in [1.29, 1.82) is 0 Å². The van der Waals surface area contributed by atoms with Crippen LogP contribution < -0.4 is 20.3 Å². The van der Waals surface area contributed by atoms with Crippen molar-refractivity contribution >= 4 is 11.6 Å². The number of aromatic amines is 1. The highest BCUT2D eigenvalue weighted by Gasteiger charge is 2.10. The quantitative estimate of drug-likeness (QED) is 0.650. The molecule has 3 aromatic rings. The smallest absolute Gasteiger partial charge is 0.274 e. The van der Waals surface area contributed by atoms with E-state index in [4.69, 9.17) is 9.47 Å². The molecule has 146 valence electrons. The van der Waals surface area contributed by atoms with Crippen LogP contribution in [0, 0.1) is 0 Å². The van der Waals surface area contributed by atoms with Crippen molar-refractivity contribution in [2.45, 2.75) is 26.2 Å². The largest absolute Gasteiger partial charge is 0.497 e. The molecule has 2 aromatic carbocycles. The average molecular weight is 380 g/mol. The molecular formula is C21H24N4O3. The number of ether oxygens (including phenoxy) is 2. The van der Waals surface area contributed by atoms with E-state index in [9.17, 15) is 4.79 Å². The lowest BCUT2D eigenvalue weighted by molar-refractivity contribution is 0.404. The van der Waals surface area contributed by atoms with Gasteiger partial charge in [-0.1, -0.05) is 38.1 Å². The van der Waals surface area contributed by atoms with Crippen LogP contribution in [-0.2, 0) is 6.42 Å². The minimum atomic E-state index is -0.285. The Hall–Kier alpha value is -3.35. The minimum absolute atomic E-state index is 0.232. The van der Waals surface area contributed by atoms with Gasteiger partial charge in [0.2, 0.25) is 5.95 Å². The van der Waals surface area contributed by atoms with Crippen LogP contribution in [0.1, 0.15) is 36.6 Å². The summed E-state index contributed by atoms with van der Waals surface area (Å²) in [4.78, 5) is 15.2. The fourth-order valence-electron chi connectivity index (χ4n) is 2.79. The molecule has 0 amide bonds. The maximum atomic E-state index is 12.4. The van der Waals surface area contributed by atoms with E-state index in [1.165, 1.54) is 5.56 Å². The number of rotatable bonds is 7. The molecule has 3 rings (SSSR count). The molecule has 1 heterocycles. The number of aromatic nitrogens is 3. The molecule has 1 aromatic heterocycles. The van der Waals surface area contributed by atoms with Crippen molar-refractivity contribution in [3.05, 3.63) is 69.6 Å². The molecule has 7 heteroatoms. The minimum Gasteiger partial charge on any atom is -0.497 e. The number of methoxy groups -OCH3 is 2. The summed E-state index contributed by atoms with van der Waals surface area (Å²) in [5.74, 6) is 1.95. The Morgan fingerprint density at radius 2 is 1.79 bits per heavy atom. The monoisotopic (exact) mass is 380 g/mol. The summed E-state index contributed by atoms with van der Waals surface area (Å²) in [5.41, 5.74) is 2.96. The second-order valence-electron chi connectivity index (χ2n) is 6.71. The van der Waals surface area contributed by atoms with Crippen LogP contribution in [-0.4, -0.2) is 29.4 Å². The predicted molar refractivity (Wildman–Crippen MR) is 109 cm³/mol. The first-order chi connectivity index (χ1) is 13.5. The van der Waals surface area contributed by atoms with Crippen LogP contribution in [0.3, 0.4) is 0 Å². The molecule has 0 bridgehead atoms. The molecule has 0 aliphatic rings. The molecule has 0 unspecified atom stereocenters. The summed E-state index contributed by atoms with van der Waals surface area (Å²) in [6.07, 6.45) is 0.420. The first kappa shape index (κ1) is 19.4. The summed E-state index contributed by atoms with van der Waals surface area (Å²) < 4.78 is 10.5. The summed E-state index contributed by atoms with van der Waals surface area (Å²) in [5, 5.41) is 11.2. The standard InChI is InChI=1S/C21H24N4O3/c1-13(2)15-7-5-14(6-8-15)11-18-20(26)23-21(25-24-18)22-17-12-16(27-3)9-10-19(17)28-4/h5-10,12-13H,11H2,1-4H3,(H2,22,23,25,26). The van der Waals surface area contributed by atoms with Crippen molar-refractivity contribution in [2.24, 2.45) is 0 Å². The van der Waals surface area contributed by atoms with Gasteiger partial charge in [-0.25, -0.2) is 0 Å². The van der Waals surface area contributed by atoms with E-state index in [0.29, 0.717) is 35.2 Å².